The normalized spacial score (nSPS) is 19.8. The van der Waals surface area contributed by atoms with Crippen molar-refractivity contribution in [2.45, 2.75) is 18.7 Å². The number of hydrogen-bond donors (Lipinski definition) is 0. The van der Waals surface area contributed by atoms with Gasteiger partial charge in [0.2, 0.25) is 6.23 Å². The summed E-state index contributed by atoms with van der Waals surface area (Å²) in [4.78, 5) is 0. The van der Waals surface area contributed by atoms with Gasteiger partial charge in [-0.3, -0.25) is 0 Å². The third kappa shape index (κ3) is 3.22. The lowest BCUT2D eigenvalue weighted by Gasteiger charge is -2.38. The minimum Gasteiger partial charge on any atom is -0.497 e. The molecule has 3 aromatic carbocycles. The van der Waals surface area contributed by atoms with E-state index < -0.39 is 6.23 Å². The lowest BCUT2D eigenvalue weighted by atomic mass is 9.96. The molecule has 3 aromatic rings. The van der Waals surface area contributed by atoms with E-state index in [1.165, 1.54) is 0 Å². The Morgan fingerprint density at radius 1 is 1.00 bits per heavy atom. The number of halogens is 2. The third-order valence-corrected chi connectivity index (χ3v) is 5.91. The lowest BCUT2D eigenvalue weighted by Crippen LogP contribution is -2.33. The van der Waals surface area contributed by atoms with Crippen LogP contribution in [0.2, 0.25) is 10.0 Å². The standard InChI is InChI=1S/C23H18Cl2N2O2/c1-28-16-6-4-5-14(11-16)20-13-21-18-12-15(24)9-10-22(18)29-23(27(21)26-20)17-7-2-3-8-19(17)25/h2-12,21,23H,13H2,1H3. The van der Waals surface area contributed by atoms with Gasteiger partial charge in [0, 0.05) is 33.2 Å². The quantitative estimate of drug-likeness (QED) is 0.498. The Bertz CT molecular complexity index is 1120. The molecule has 0 radical (unpaired) electrons. The highest BCUT2D eigenvalue weighted by Gasteiger charge is 2.41. The van der Waals surface area contributed by atoms with Crippen LogP contribution in [0.5, 0.6) is 11.5 Å². The molecule has 0 aliphatic carbocycles. The fourth-order valence-electron chi connectivity index (χ4n) is 3.92. The minimum absolute atomic E-state index is 0.0138. The van der Waals surface area contributed by atoms with Gasteiger partial charge in [-0.25, -0.2) is 5.01 Å². The monoisotopic (exact) mass is 424 g/mol. The van der Waals surface area contributed by atoms with E-state index in [4.69, 9.17) is 37.8 Å². The molecule has 4 nitrogen and oxygen atoms in total. The summed E-state index contributed by atoms with van der Waals surface area (Å²) in [6.45, 7) is 0. The smallest absolute Gasteiger partial charge is 0.215 e. The molecular weight excluding hydrogens is 407 g/mol. The van der Waals surface area contributed by atoms with Crippen LogP contribution >= 0.6 is 23.2 Å². The van der Waals surface area contributed by atoms with E-state index in [2.05, 4.69) is 0 Å². The Kier molecular flexibility index (Phi) is 4.61. The molecule has 2 unspecified atom stereocenters. The van der Waals surface area contributed by atoms with E-state index in [0.717, 1.165) is 40.3 Å². The molecule has 2 heterocycles. The summed E-state index contributed by atoms with van der Waals surface area (Å²) in [6.07, 6.45) is 0.329. The predicted molar refractivity (Wildman–Crippen MR) is 115 cm³/mol. The molecule has 0 N–H and O–H groups in total. The zero-order valence-electron chi connectivity index (χ0n) is 15.7. The molecule has 0 spiro atoms. The van der Waals surface area contributed by atoms with Gasteiger partial charge in [-0.15, -0.1) is 0 Å². The second kappa shape index (κ2) is 7.29. The van der Waals surface area contributed by atoms with E-state index in [0.29, 0.717) is 10.0 Å². The van der Waals surface area contributed by atoms with Gasteiger partial charge in [0.05, 0.1) is 18.9 Å². The van der Waals surface area contributed by atoms with Crippen molar-refractivity contribution in [3.63, 3.8) is 0 Å². The largest absolute Gasteiger partial charge is 0.497 e. The van der Waals surface area contributed by atoms with Gasteiger partial charge >= 0.3 is 0 Å². The van der Waals surface area contributed by atoms with Crippen molar-refractivity contribution in [1.82, 2.24) is 5.01 Å². The highest BCUT2D eigenvalue weighted by Crippen LogP contribution is 2.49. The van der Waals surface area contributed by atoms with Crippen LogP contribution in [-0.4, -0.2) is 17.8 Å². The van der Waals surface area contributed by atoms with Gasteiger partial charge in [-0.2, -0.15) is 5.10 Å². The van der Waals surface area contributed by atoms with E-state index in [9.17, 15) is 0 Å². The first-order valence-electron chi connectivity index (χ1n) is 9.35. The van der Waals surface area contributed by atoms with Crippen LogP contribution in [0, 0.1) is 0 Å². The second-order valence-electron chi connectivity index (χ2n) is 7.05. The SMILES string of the molecule is COc1cccc(C2=NN3C(C2)c2cc(Cl)ccc2OC3c2ccccc2Cl)c1. The number of hydrogen-bond acceptors (Lipinski definition) is 4. The van der Waals surface area contributed by atoms with Gasteiger partial charge in [0.15, 0.2) is 0 Å². The molecule has 0 saturated carbocycles. The molecule has 29 heavy (non-hydrogen) atoms. The topological polar surface area (TPSA) is 34.1 Å². The second-order valence-corrected chi connectivity index (χ2v) is 7.90. The van der Waals surface area contributed by atoms with Gasteiger partial charge in [0.25, 0.3) is 0 Å². The molecule has 146 valence electrons. The lowest BCUT2D eigenvalue weighted by molar-refractivity contribution is -0.0189. The number of nitrogens with zero attached hydrogens (tertiary/aromatic N) is 2. The third-order valence-electron chi connectivity index (χ3n) is 5.33. The van der Waals surface area contributed by atoms with Crippen LogP contribution in [0.15, 0.2) is 71.8 Å². The van der Waals surface area contributed by atoms with E-state index >= 15 is 0 Å². The highest BCUT2D eigenvalue weighted by molar-refractivity contribution is 6.31. The highest BCUT2D eigenvalue weighted by atomic mass is 35.5. The summed E-state index contributed by atoms with van der Waals surface area (Å²) >= 11 is 12.8. The van der Waals surface area contributed by atoms with Crippen molar-refractivity contribution in [3.05, 3.63) is 93.5 Å². The average molecular weight is 425 g/mol. The Morgan fingerprint density at radius 2 is 1.86 bits per heavy atom. The van der Waals surface area contributed by atoms with Crippen LogP contribution in [-0.2, 0) is 0 Å². The maximum atomic E-state index is 6.50. The average Bonchev–Trinajstić information content (AvgIpc) is 3.20. The predicted octanol–water partition coefficient (Wildman–Crippen LogP) is 6.24. The number of methoxy groups -OCH3 is 1. The molecule has 2 aliphatic rings. The summed E-state index contributed by atoms with van der Waals surface area (Å²) < 4.78 is 11.7. The van der Waals surface area contributed by atoms with Gasteiger partial charge in [-0.1, -0.05) is 53.5 Å². The van der Waals surface area contributed by atoms with Crippen LogP contribution in [0.4, 0.5) is 0 Å². The zero-order chi connectivity index (χ0) is 20.0. The fourth-order valence-corrected chi connectivity index (χ4v) is 4.33. The van der Waals surface area contributed by atoms with Crippen molar-refractivity contribution in [1.29, 1.82) is 0 Å². The molecule has 6 heteroatoms. The van der Waals surface area contributed by atoms with Gasteiger partial charge in [0.1, 0.15) is 11.5 Å². The van der Waals surface area contributed by atoms with E-state index in [-0.39, 0.29) is 6.04 Å². The molecule has 0 amide bonds. The Hall–Kier alpha value is -2.69. The Morgan fingerprint density at radius 3 is 2.69 bits per heavy atom. The number of ether oxygens (including phenoxy) is 2. The van der Waals surface area contributed by atoms with Crippen LogP contribution in [0.1, 0.15) is 35.4 Å². The van der Waals surface area contributed by atoms with Crippen molar-refractivity contribution < 1.29 is 9.47 Å². The number of rotatable bonds is 3. The first-order chi connectivity index (χ1) is 14.1. The molecule has 0 aromatic heterocycles. The van der Waals surface area contributed by atoms with Gasteiger partial charge in [-0.05, 0) is 36.4 Å². The molecule has 0 saturated heterocycles. The zero-order valence-corrected chi connectivity index (χ0v) is 17.2. The molecule has 2 aliphatic heterocycles. The van der Waals surface area contributed by atoms with Crippen LogP contribution < -0.4 is 9.47 Å². The van der Waals surface area contributed by atoms with E-state index in [1.54, 1.807) is 7.11 Å². The summed E-state index contributed by atoms with van der Waals surface area (Å²) in [7, 11) is 1.67. The minimum atomic E-state index is -0.412. The van der Waals surface area contributed by atoms with Crippen molar-refractivity contribution in [3.8, 4) is 11.5 Å². The number of fused-ring (bicyclic) bond motifs is 3. The van der Waals surface area contributed by atoms with Crippen LogP contribution in [0.3, 0.4) is 0 Å². The number of hydrazone groups is 1. The molecule has 0 bridgehead atoms. The molecule has 0 fully saturated rings. The van der Waals surface area contributed by atoms with Crippen molar-refractivity contribution in [2.24, 2.45) is 5.10 Å². The maximum absolute atomic E-state index is 6.50. The maximum Gasteiger partial charge on any atom is 0.215 e. The Balaban J connectivity index is 1.62. The number of benzene rings is 3. The van der Waals surface area contributed by atoms with Gasteiger partial charge < -0.3 is 9.47 Å². The Labute approximate surface area is 179 Å². The summed E-state index contributed by atoms with van der Waals surface area (Å²) in [6, 6.07) is 21.4. The molecular formula is C23H18Cl2N2O2. The first kappa shape index (κ1) is 18.3. The molecule has 5 rings (SSSR count). The summed E-state index contributed by atoms with van der Waals surface area (Å²) in [5.74, 6) is 1.61. The molecule has 2 atom stereocenters. The first-order valence-corrected chi connectivity index (χ1v) is 10.1. The van der Waals surface area contributed by atoms with Crippen molar-refractivity contribution in [2.75, 3.05) is 7.11 Å². The van der Waals surface area contributed by atoms with Crippen LogP contribution in [0.25, 0.3) is 0 Å². The van der Waals surface area contributed by atoms with Crippen molar-refractivity contribution >= 4 is 28.9 Å². The summed E-state index contributed by atoms with van der Waals surface area (Å²) in [5, 5.41) is 8.28. The van der Waals surface area contributed by atoms with E-state index in [1.807, 2.05) is 71.7 Å². The summed E-state index contributed by atoms with van der Waals surface area (Å²) in [5.41, 5.74) is 3.92. The fraction of sp³-hybridized carbons (Fsp3) is 0.174.